The minimum absolute atomic E-state index is 0.280. The Morgan fingerprint density at radius 1 is 1.00 bits per heavy atom. The van der Waals surface area contributed by atoms with E-state index in [0.29, 0.717) is 23.2 Å². The van der Waals surface area contributed by atoms with Gasteiger partial charge in [0.15, 0.2) is 0 Å². The Bertz CT molecular complexity index is 881. The fourth-order valence-corrected chi connectivity index (χ4v) is 2.64. The second kappa shape index (κ2) is 6.84. The van der Waals surface area contributed by atoms with Crippen LogP contribution in [0.5, 0.6) is 0 Å². The van der Waals surface area contributed by atoms with Crippen molar-refractivity contribution < 1.29 is 4.39 Å². The highest BCUT2D eigenvalue weighted by atomic mass is 19.1. The van der Waals surface area contributed by atoms with E-state index in [-0.39, 0.29) is 11.4 Å². The molecule has 0 aliphatic rings. The molecule has 3 rings (SSSR count). The van der Waals surface area contributed by atoms with Crippen molar-refractivity contribution in [1.29, 1.82) is 0 Å². The van der Waals surface area contributed by atoms with Gasteiger partial charge in [0.2, 0.25) is 0 Å². The Balaban J connectivity index is 2.00. The Kier molecular flexibility index (Phi) is 4.62. The van der Waals surface area contributed by atoms with Crippen LogP contribution >= 0.6 is 0 Å². The average Bonchev–Trinajstić information content (AvgIpc) is 2.95. The molecule has 24 heavy (non-hydrogen) atoms. The number of nitrogens with one attached hydrogen (secondary N) is 1. The monoisotopic (exact) mass is 325 g/mol. The van der Waals surface area contributed by atoms with Crippen molar-refractivity contribution in [3.05, 3.63) is 70.9 Å². The van der Waals surface area contributed by atoms with E-state index in [1.165, 1.54) is 0 Å². The summed E-state index contributed by atoms with van der Waals surface area (Å²) in [6.45, 7) is 1.43. The normalized spacial score (nSPS) is 11.2. The summed E-state index contributed by atoms with van der Waals surface area (Å²) >= 11 is 0. The van der Waals surface area contributed by atoms with Gasteiger partial charge >= 0.3 is 0 Å². The number of nitrogens with zero attached hydrogens (tertiary/aromatic N) is 2. The number of likely N-dealkylation sites (N-methyl/N-ethyl adjacent to an activating group) is 1. The smallest absolute Gasteiger partial charge is 0.272 e. The SMILES string of the molecule is CN(C)CCn1cc(-c2cccc(-c3ccccc3)c2F)c(=O)[nH]1. The molecule has 0 saturated heterocycles. The molecule has 3 aromatic rings. The third kappa shape index (κ3) is 3.31. The first kappa shape index (κ1) is 16.2. The van der Waals surface area contributed by atoms with Crippen molar-refractivity contribution in [1.82, 2.24) is 14.7 Å². The van der Waals surface area contributed by atoms with E-state index in [2.05, 4.69) is 5.10 Å². The van der Waals surface area contributed by atoms with Crippen molar-refractivity contribution >= 4 is 0 Å². The standard InChI is InChI=1S/C19H20FN3O/c1-22(2)11-12-23-13-17(19(24)21-23)16-10-6-9-15(18(16)20)14-7-4-3-5-8-14/h3-10,13H,11-12H2,1-2H3,(H,21,24). The van der Waals surface area contributed by atoms with Gasteiger partial charge in [0.1, 0.15) is 5.82 Å². The average molecular weight is 325 g/mol. The Labute approximate surface area is 140 Å². The summed E-state index contributed by atoms with van der Waals surface area (Å²) < 4.78 is 16.7. The number of H-pyrrole nitrogens is 1. The summed E-state index contributed by atoms with van der Waals surface area (Å²) in [5.41, 5.74) is 1.68. The summed E-state index contributed by atoms with van der Waals surface area (Å²) in [6, 6.07) is 14.5. The van der Waals surface area contributed by atoms with Crippen LogP contribution in [0.4, 0.5) is 4.39 Å². The molecule has 124 valence electrons. The molecule has 0 unspecified atom stereocenters. The molecule has 5 heteroatoms. The Morgan fingerprint density at radius 3 is 2.42 bits per heavy atom. The topological polar surface area (TPSA) is 41.0 Å². The number of rotatable bonds is 5. The van der Waals surface area contributed by atoms with Gasteiger partial charge in [-0.3, -0.25) is 14.6 Å². The van der Waals surface area contributed by atoms with Crippen LogP contribution in [-0.2, 0) is 6.54 Å². The van der Waals surface area contributed by atoms with Crippen LogP contribution in [0.15, 0.2) is 59.5 Å². The lowest BCUT2D eigenvalue weighted by molar-refractivity contribution is 0.372. The van der Waals surface area contributed by atoms with Gasteiger partial charge in [0.05, 0.1) is 12.1 Å². The van der Waals surface area contributed by atoms with Crippen LogP contribution in [0.1, 0.15) is 0 Å². The maximum absolute atomic E-state index is 15.0. The van der Waals surface area contributed by atoms with Gasteiger partial charge in [-0.1, -0.05) is 48.5 Å². The van der Waals surface area contributed by atoms with E-state index in [0.717, 1.165) is 12.1 Å². The molecule has 0 saturated carbocycles. The molecule has 2 aromatic carbocycles. The molecule has 0 amide bonds. The molecule has 1 aromatic heterocycles. The molecule has 4 nitrogen and oxygen atoms in total. The molecule has 0 aliphatic heterocycles. The fourth-order valence-electron chi connectivity index (χ4n) is 2.64. The first-order valence-corrected chi connectivity index (χ1v) is 7.85. The zero-order valence-electron chi connectivity index (χ0n) is 13.8. The highest BCUT2D eigenvalue weighted by molar-refractivity contribution is 5.73. The molecule has 0 radical (unpaired) electrons. The number of halogens is 1. The van der Waals surface area contributed by atoms with Gasteiger partial charge in [0, 0.05) is 23.9 Å². The molecule has 0 atom stereocenters. The molecule has 1 N–H and O–H groups in total. The lowest BCUT2D eigenvalue weighted by atomic mass is 9.99. The van der Waals surface area contributed by atoms with Crippen molar-refractivity contribution in [3.63, 3.8) is 0 Å². The second-order valence-corrected chi connectivity index (χ2v) is 6.01. The predicted molar refractivity (Wildman–Crippen MR) is 94.4 cm³/mol. The zero-order valence-corrected chi connectivity index (χ0v) is 13.8. The molecule has 1 heterocycles. The molecule has 0 bridgehead atoms. The van der Waals surface area contributed by atoms with Crippen LogP contribution in [0.2, 0.25) is 0 Å². The van der Waals surface area contributed by atoms with Crippen molar-refractivity contribution in [3.8, 4) is 22.3 Å². The van der Waals surface area contributed by atoms with Gasteiger partial charge in [-0.05, 0) is 19.7 Å². The van der Waals surface area contributed by atoms with E-state index in [1.807, 2.05) is 49.3 Å². The minimum atomic E-state index is -0.375. The van der Waals surface area contributed by atoms with Crippen LogP contribution in [0.3, 0.4) is 0 Å². The zero-order chi connectivity index (χ0) is 17.1. The lowest BCUT2D eigenvalue weighted by Gasteiger charge is -2.09. The molecule has 0 aliphatic carbocycles. The fraction of sp³-hybridized carbons (Fsp3) is 0.211. The van der Waals surface area contributed by atoms with Gasteiger partial charge in [-0.25, -0.2) is 4.39 Å². The van der Waals surface area contributed by atoms with Gasteiger partial charge < -0.3 is 4.90 Å². The Morgan fingerprint density at radius 2 is 1.71 bits per heavy atom. The van der Waals surface area contributed by atoms with Crippen molar-refractivity contribution in [2.24, 2.45) is 0 Å². The largest absolute Gasteiger partial charge is 0.308 e. The first-order chi connectivity index (χ1) is 11.6. The van der Waals surface area contributed by atoms with E-state index in [4.69, 9.17) is 0 Å². The molecular formula is C19H20FN3O. The second-order valence-electron chi connectivity index (χ2n) is 6.01. The van der Waals surface area contributed by atoms with Gasteiger partial charge in [-0.15, -0.1) is 0 Å². The van der Waals surface area contributed by atoms with E-state index < -0.39 is 0 Å². The summed E-state index contributed by atoms with van der Waals surface area (Å²) in [5, 5.41) is 2.75. The minimum Gasteiger partial charge on any atom is -0.308 e. The highest BCUT2D eigenvalue weighted by Gasteiger charge is 2.15. The van der Waals surface area contributed by atoms with Crippen LogP contribution < -0.4 is 5.56 Å². The predicted octanol–water partition coefficient (Wildman–Crippen LogP) is 3.21. The summed E-state index contributed by atoms with van der Waals surface area (Å²) in [4.78, 5) is 14.3. The molecule has 0 fully saturated rings. The van der Waals surface area contributed by atoms with Crippen LogP contribution in [0.25, 0.3) is 22.3 Å². The van der Waals surface area contributed by atoms with Crippen molar-refractivity contribution in [2.45, 2.75) is 6.54 Å². The maximum atomic E-state index is 15.0. The van der Waals surface area contributed by atoms with Crippen molar-refractivity contribution in [2.75, 3.05) is 20.6 Å². The molecule has 0 spiro atoms. The number of hydrogen-bond donors (Lipinski definition) is 1. The summed E-state index contributed by atoms with van der Waals surface area (Å²) in [7, 11) is 3.93. The van der Waals surface area contributed by atoms with Crippen LogP contribution in [-0.4, -0.2) is 35.3 Å². The number of aromatic nitrogens is 2. The number of hydrogen-bond acceptors (Lipinski definition) is 2. The quantitative estimate of drug-likeness (QED) is 0.782. The first-order valence-electron chi connectivity index (χ1n) is 7.85. The third-order valence-electron chi connectivity index (χ3n) is 3.94. The van der Waals surface area contributed by atoms with E-state index in [1.54, 1.807) is 29.1 Å². The van der Waals surface area contributed by atoms with Gasteiger partial charge in [-0.2, -0.15) is 0 Å². The van der Waals surface area contributed by atoms with E-state index in [9.17, 15) is 9.18 Å². The van der Waals surface area contributed by atoms with Crippen LogP contribution in [0, 0.1) is 5.82 Å². The summed E-state index contributed by atoms with van der Waals surface area (Å²) in [5.74, 6) is -0.375. The number of aromatic amines is 1. The maximum Gasteiger partial charge on any atom is 0.272 e. The third-order valence-corrected chi connectivity index (χ3v) is 3.94. The summed E-state index contributed by atoms with van der Waals surface area (Å²) in [6.07, 6.45) is 1.68. The molecular weight excluding hydrogens is 305 g/mol. The van der Waals surface area contributed by atoms with Gasteiger partial charge in [0.25, 0.3) is 5.56 Å². The van der Waals surface area contributed by atoms with E-state index >= 15 is 0 Å². The number of benzene rings is 2. The lowest BCUT2D eigenvalue weighted by Crippen LogP contribution is -2.19. The Hall–Kier alpha value is -2.66. The highest BCUT2D eigenvalue weighted by Crippen LogP contribution is 2.29.